The number of rotatable bonds is 11. The molecular formula is C14H28O2. The van der Waals surface area contributed by atoms with E-state index in [-0.39, 0.29) is 12.7 Å². The van der Waals surface area contributed by atoms with E-state index in [4.69, 9.17) is 5.11 Å². The first-order valence-corrected chi connectivity index (χ1v) is 6.75. The molecule has 0 saturated heterocycles. The highest BCUT2D eigenvalue weighted by Crippen LogP contribution is 2.11. The summed E-state index contributed by atoms with van der Waals surface area (Å²) in [6.45, 7) is 2.31. The summed E-state index contributed by atoms with van der Waals surface area (Å²) in [5.74, 6) is 0. The molecule has 0 rings (SSSR count). The standard InChI is InChI=1S/C14H28O2/c1-2-3-4-5-6-7-8-11-14(16)12-9-10-13-15/h9-10,14-16H,2-8,11-13H2,1H3/b10-9-. The molecule has 0 spiro atoms. The number of hydrogen-bond acceptors (Lipinski definition) is 2. The SMILES string of the molecule is CCCCCCCCCC(O)C/C=C\CO. The van der Waals surface area contributed by atoms with Gasteiger partial charge in [0.2, 0.25) is 0 Å². The summed E-state index contributed by atoms with van der Waals surface area (Å²) < 4.78 is 0. The van der Waals surface area contributed by atoms with Crippen molar-refractivity contribution in [1.29, 1.82) is 0 Å². The van der Waals surface area contributed by atoms with Crippen LogP contribution >= 0.6 is 0 Å². The van der Waals surface area contributed by atoms with Crippen LogP contribution in [0.4, 0.5) is 0 Å². The molecule has 0 saturated carbocycles. The molecule has 0 aliphatic carbocycles. The molecule has 0 fully saturated rings. The Balaban J connectivity index is 3.15. The molecule has 0 aromatic heterocycles. The van der Waals surface area contributed by atoms with Gasteiger partial charge >= 0.3 is 0 Å². The Kier molecular flexibility index (Phi) is 12.5. The van der Waals surface area contributed by atoms with Crippen LogP contribution in [0.15, 0.2) is 12.2 Å². The molecule has 0 heterocycles. The Bertz CT molecular complexity index is 155. The first-order chi connectivity index (χ1) is 7.81. The molecule has 0 bridgehead atoms. The van der Waals surface area contributed by atoms with Crippen molar-refractivity contribution >= 4 is 0 Å². The molecule has 1 unspecified atom stereocenters. The first-order valence-electron chi connectivity index (χ1n) is 6.75. The van der Waals surface area contributed by atoms with Gasteiger partial charge in [0.25, 0.3) is 0 Å². The van der Waals surface area contributed by atoms with E-state index in [2.05, 4.69) is 6.92 Å². The molecule has 1 atom stereocenters. The molecule has 2 nitrogen and oxygen atoms in total. The van der Waals surface area contributed by atoms with E-state index in [0.717, 1.165) is 12.8 Å². The van der Waals surface area contributed by atoms with Gasteiger partial charge in [-0.25, -0.2) is 0 Å². The zero-order chi connectivity index (χ0) is 12.1. The number of hydrogen-bond donors (Lipinski definition) is 2. The smallest absolute Gasteiger partial charge is 0.0612 e. The van der Waals surface area contributed by atoms with Gasteiger partial charge in [-0.05, 0) is 12.8 Å². The van der Waals surface area contributed by atoms with Crippen molar-refractivity contribution in [3.63, 3.8) is 0 Å². The predicted octanol–water partition coefficient (Wildman–Crippen LogP) is 3.43. The zero-order valence-electron chi connectivity index (χ0n) is 10.7. The molecule has 0 aromatic carbocycles. The van der Waals surface area contributed by atoms with Crippen LogP contribution in [-0.2, 0) is 0 Å². The third kappa shape index (κ3) is 11.7. The van der Waals surface area contributed by atoms with Crippen molar-refractivity contribution in [2.75, 3.05) is 6.61 Å². The Morgan fingerprint density at radius 3 is 2.19 bits per heavy atom. The van der Waals surface area contributed by atoms with Crippen LogP contribution < -0.4 is 0 Å². The monoisotopic (exact) mass is 228 g/mol. The van der Waals surface area contributed by atoms with Crippen LogP contribution in [0.2, 0.25) is 0 Å². The maximum absolute atomic E-state index is 9.58. The Morgan fingerprint density at radius 1 is 0.938 bits per heavy atom. The molecule has 0 aliphatic heterocycles. The van der Waals surface area contributed by atoms with Gasteiger partial charge in [-0.2, -0.15) is 0 Å². The molecule has 2 heteroatoms. The van der Waals surface area contributed by atoms with E-state index in [0.29, 0.717) is 6.42 Å². The maximum atomic E-state index is 9.58. The molecule has 0 radical (unpaired) electrons. The van der Waals surface area contributed by atoms with Gasteiger partial charge in [-0.15, -0.1) is 0 Å². The van der Waals surface area contributed by atoms with Gasteiger partial charge in [0.1, 0.15) is 0 Å². The molecular weight excluding hydrogens is 200 g/mol. The third-order valence-corrected chi connectivity index (χ3v) is 2.82. The quantitative estimate of drug-likeness (QED) is 0.420. The summed E-state index contributed by atoms with van der Waals surface area (Å²) in [6, 6.07) is 0. The highest BCUT2D eigenvalue weighted by molar-refractivity contribution is 4.83. The average molecular weight is 228 g/mol. The summed E-state index contributed by atoms with van der Waals surface area (Å²) in [6.07, 6.45) is 13.9. The van der Waals surface area contributed by atoms with E-state index >= 15 is 0 Å². The van der Waals surface area contributed by atoms with Gasteiger partial charge in [-0.3, -0.25) is 0 Å². The van der Waals surface area contributed by atoms with Gasteiger partial charge in [-0.1, -0.05) is 64.0 Å². The normalized spacial score (nSPS) is 13.4. The van der Waals surface area contributed by atoms with Crippen LogP contribution in [-0.4, -0.2) is 22.9 Å². The second-order valence-electron chi connectivity index (χ2n) is 4.45. The lowest BCUT2D eigenvalue weighted by Crippen LogP contribution is -2.04. The summed E-state index contributed by atoms with van der Waals surface area (Å²) in [4.78, 5) is 0. The summed E-state index contributed by atoms with van der Waals surface area (Å²) in [5.41, 5.74) is 0. The van der Waals surface area contributed by atoms with Gasteiger partial charge in [0, 0.05) is 0 Å². The van der Waals surface area contributed by atoms with Crippen LogP contribution in [0, 0.1) is 0 Å². The highest BCUT2D eigenvalue weighted by atomic mass is 16.3. The van der Waals surface area contributed by atoms with Gasteiger partial charge in [0.15, 0.2) is 0 Å². The third-order valence-electron chi connectivity index (χ3n) is 2.82. The summed E-state index contributed by atoms with van der Waals surface area (Å²) in [5, 5.41) is 18.1. The predicted molar refractivity (Wildman–Crippen MR) is 69.5 cm³/mol. The minimum Gasteiger partial charge on any atom is -0.393 e. The van der Waals surface area contributed by atoms with Crippen molar-refractivity contribution in [3.8, 4) is 0 Å². The second kappa shape index (κ2) is 12.7. The van der Waals surface area contributed by atoms with Crippen molar-refractivity contribution in [1.82, 2.24) is 0 Å². The largest absolute Gasteiger partial charge is 0.393 e. The fourth-order valence-corrected chi connectivity index (χ4v) is 1.78. The van der Waals surface area contributed by atoms with E-state index < -0.39 is 0 Å². The fourth-order valence-electron chi connectivity index (χ4n) is 1.78. The van der Waals surface area contributed by atoms with E-state index in [1.54, 1.807) is 6.08 Å². The molecule has 0 aliphatic rings. The minimum atomic E-state index is -0.224. The minimum absolute atomic E-state index is 0.0736. The van der Waals surface area contributed by atoms with E-state index in [1.165, 1.54) is 38.5 Å². The Labute approximate surface area is 100 Å². The molecule has 2 N–H and O–H groups in total. The fraction of sp³-hybridized carbons (Fsp3) is 0.857. The van der Waals surface area contributed by atoms with Crippen molar-refractivity contribution < 1.29 is 10.2 Å². The van der Waals surface area contributed by atoms with Gasteiger partial charge < -0.3 is 10.2 Å². The zero-order valence-corrected chi connectivity index (χ0v) is 10.7. The highest BCUT2D eigenvalue weighted by Gasteiger charge is 2.00. The first kappa shape index (κ1) is 15.7. The average Bonchev–Trinajstić information content (AvgIpc) is 2.28. The lowest BCUT2D eigenvalue weighted by molar-refractivity contribution is 0.163. The topological polar surface area (TPSA) is 40.5 Å². The molecule has 0 amide bonds. The van der Waals surface area contributed by atoms with Crippen molar-refractivity contribution in [3.05, 3.63) is 12.2 Å². The molecule has 96 valence electrons. The van der Waals surface area contributed by atoms with Crippen molar-refractivity contribution in [2.24, 2.45) is 0 Å². The second-order valence-corrected chi connectivity index (χ2v) is 4.45. The molecule has 16 heavy (non-hydrogen) atoms. The molecule has 0 aromatic rings. The number of unbranched alkanes of at least 4 members (excludes halogenated alkanes) is 6. The van der Waals surface area contributed by atoms with E-state index in [9.17, 15) is 5.11 Å². The summed E-state index contributed by atoms with van der Waals surface area (Å²) >= 11 is 0. The summed E-state index contributed by atoms with van der Waals surface area (Å²) in [7, 11) is 0. The number of aliphatic hydroxyl groups excluding tert-OH is 2. The van der Waals surface area contributed by atoms with E-state index in [1.807, 2.05) is 6.08 Å². The van der Waals surface area contributed by atoms with Crippen LogP contribution in [0.5, 0.6) is 0 Å². The van der Waals surface area contributed by atoms with Crippen LogP contribution in [0.3, 0.4) is 0 Å². The number of aliphatic hydroxyl groups is 2. The Hall–Kier alpha value is -0.340. The Morgan fingerprint density at radius 2 is 1.56 bits per heavy atom. The van der Waals surface area contributed by atoms with Crippen molar-refractivity contribution in [2.45, 2.75) is 70.8 Å². The lowest BCUT2D eigenvalue weighted by atomic mass is 10.0. The van der Waals surface area contributed by atoms with Crippen LogP contribution in [0.25, 0.3) is 0 Å². The maximum Gasteiger partial charge on any atom is 0.0612 e. The lowest BCUT2D eigenvalue weighted by Gasteiger charge is -2.07. The van der Waals surface area contributed by atoms with Crippen LogP contribution in [0.1, 0.15) is 64.7 Å². The van der Waals surface area contributed by atoms with Gasteiger partial charge in [0.05, 0.1) is 12.7 Å².